The van der Waals surface area contributed by atoms with Gasteiger partial charge >= 0.3 is 0 Å². The van der Waals surface area contributed by atoms with Crippen molar-refractivity contribution >= 4 is 0 Å². The third-order valence-corrected chi connectivity index (χ3v) is 3.75. The standard InChI is InChI=1S/C15H21N5O/c1-11-5-6-13(12(17-11)7-8-16)21-10-15-19-18-14-4-2-3-9-20(14)15/h5-6H,2-4,7-10,16H2,1H3. The summed E-state index contributed by atoms with van der Waals surface area (Å²) in [4.78, 5) is 4.50. The fourth-order valence-corrected chi connectivity index (χ4v) is 2.66. The van der Waals surface area contributed by atoms with E-state index in [1.54, 1.807) is 0 Å². The maximum Gasteiger partial charge on any atom is 0.171 e. The molecule has 21 heavy (non-hydrogen) atoms. The molecule has 0 spiro atoms. The molecule has 0 atom stereocenters. The molecule has 0 aliphatic carbocycles. The predicted molar refractivity (Wildman–Crippen MR) is 79.0 cm³/mol. The third kappa shape index (κ3) is 3.05. The first-order chi connectivity index (χ1) is 10.3. The molecule has 112 valence electrons. The van der Waals surface area contributed by atoms with E-state index >= 15 is 0 Å². The van der Waals surface area contributed by atoms with Crippen molar-refractivity contribution in [3.63, 3.8) is 0 Å². The van der Waals surface area contributed by atoms with Crippen molar-refractivity contribution < 1.29 is 4.74 Å². The highest BCUT2D eigenvalue weighted by atomic mass is 16.5. The molecule has 0 saturated carbocycles. The number of hydrogen-bond acceptors (Lipinski definition) is 5. The fraction of sp³-hybridized carbons (Fsp3) is 0.533. The lowest BCUT2D eigenvalue weighted by Crippen LogP contribution is -2.15. The van der Waals surface area contributed by atoms with Crippen LogP contribution in [0.2, 0.25) is 0 Å². The van der Waals surface area contributed by atoms with E-state index in [1.807, 2.05) is 19.1 Å². The van der Waals surface area contributed by atoms with E-state index in [-0.39, 0.29) is 0 Å². The summed E-state index contributed by atoms with van der Waals surface area (Å²) in [6, 6.07) is 3.91. The molecule has 6 heteroatoms. The first-order valence-corrected chi connectivity index (χ1v) is 7.48. The lowest BCUT2D eigenvalue weighted by atomic mass is 10.2. The number of pyridine rings is 1. The van der Waals surface area contributed by atoms with E-state index in [0.29, 0.717) is 13.2 Å². The molecule has 3 rings (SSSR count). The molecule has 0 unspecified atom stereocenters. The molecule has 1 aliphatic heterocycles. The average Bonchev–Trinajstić information content (AvgIpc) is 2.90. The van der Waals surface area contributed by atoms with Gasteiger partial charge in [-0.25, -0.2) is 0 Å². The summed E-state index contributed by atoms with van der Waals surface area (Å²) in [5.41, 5.74) is 7.53. The smallest absolute Gasteiger partial charge is 0.171 e. The largest absolute Gasteiger partial charge is 0.484 e. The molecule has 3 heterocycles. The van der Waals surface area contributed by atoms with Gasteiger partial charge in [0.25, 0.3) is 0 Å². The van der Waals surface area contributed by atoms with Gasteiger partial charge in [0.15, 0.2) is 5.82 Å². The minimum absolute atomic E-state index is 0.426. The molecule has 0 saturated heterocycles. The highest BCUT2D eigenvalue weighted by Gasteiger charge is 2.16. The molecule has 1 aliphatic rings. The Kier molecular flexibility index (Phi) is 4.15. The van der Waals surface area contributed by atoms with Crippen LogP contribution in [0.25, 0.3) is 0 Å². The van der Waals surface area contributed by atoms with E-state index in [0.717, 1.165) is 48.2 Å². The first kappa shape index (κ1) is 14.0. The van der Waals surface area contributed by atoms with E-state index in [9.17, 15) is 0 Å². The summed E-state index contributed by atoms with van der Waals surface area (Å²) < 4.78 is 8.09. The minimum Gasteiger partial charge on any atom is -0.484 e. The van der Waals surface area contributed by atoms with Crippen molar-refractivity contribution in [2.75, 3.05) is 6.54 Å². The van der Waals surface area contributed by atoms with Crippen molar-refractivity contribution in [2.24, 2.45) is 5.73 Å². The summed E-state index contributed by atoms with van der Waals surface area (Å²) in [5, 5.41) is 8.49. The summed E-state index contributed by atoms with van der Waals surface area (Å²) in [6.07, 6.45) is 4.11. The molecular weight excluding hydrogens is 266 g/mol. The van der Waals surface area contributed by atoms with Crippen LogP contribution in [-0.2, 0) is 26.0 Å². The second-order valence-corrected chi connectivity index (χ2v) is 5.37. The van der Waals surface area contributed by atoms with Gasteiger partial charge in [0.2, 0.25) is 0 Å². The second-order valence-electron chi connectivity index (χ2n) is 5.37. The van der Waals surface area contributed by atoms with Gasteiger partial charge < -0.3 is 15.0 Å². The number of ether oxygens (including phenoxy) is 1. The Morgan fingerprint density at radius 1 is 1.29 bits per heavy atom. The molecule has 2 N–H and O–H groups in total. The minimum atomic E-state index is 0.426. The van der Waals surface area contributed by atoms with E-state index in [2.05, 4.69) is 19.7 Å². The van der Waals surface area contributed by atoms with Crippen molar-refractivity contribution in [2.45, 2.75) is 45.8 Å². The number of fused-ring (bicyclic) bond motifs is 1. The highest BCUT2D eigenvalue weighted by molar-refractivity contribution is 5.29. The van der Waals surface area contributed by atoms with Crippen LogP contribution in [0.3, 0.4) is 0 Å². The number of nitrogens with two attached hydrogens (primary N) is 1. The topological polar surface area (TPSA) is 78.9 Å². The van der Waals surface area contributed by atoms with Gasteiger partial charge in [-0.2, -0.15) is 0 Å². The van der Waals surface area contributed by atoms with Gasteiger partial charge in [0.1, 0.15) is 18.2 Å². The Labute approximate surface area is 124 Å². The second kappa shape index (κ2) is 6.22. The zero-order valence-electron chi connectivity index (χ0n) is 12.4. The van der Waals surface area contributed by atoms with Gasteiger partial charge in [-0.1, -0.05) is 0 Å². The van der Waals surface area contributed by atoms with Crippen LogP contribution >= 0.6 is 0 Å². The van der Waals surface area contributed by atoms with E-state index in [1.165, 1.54) is 12.8 Å². The Morgan fingerprint density at radius 2 is 2.19 bits per heavy atom. The first-order valence-electron chi connectivity index (χ1n) is 7.48. The molecule has 6 nitrogen and oxygen atoms in total. The van der Waals surface area contributed by atoms with Crippen molar-refractivity contribution in [3.8, 4) is 5.75 Å². The number of nitrogens with zero attached hydrogens (tertiary/aromatic N) is 4. The summed E-state index contributed by atoms with van der Waals surface area (Å²) in [6.45, 7) is 3.95. The molecule has 0 amide bonds. The normalized spacial score (nSPS) is 14.0. The van der Waals surface area contributed by atoms with Gasteiger partial charge in [0, 0.05) is 25.1 Å². The monoisotopic (exact) mass is 287 g/mol. The molecule has 2 aromatic heterocycles. The summed E-state index contributed by atoms with van der Waals surface area (Å²) in [5.74, 6) is 2.76. The summed E-state index contributed by atoms with van der Waals surface area (Å²) >= 11 is 0. The SMILES string of the molecule is Cc1ccc(OCc2nnc3n2CCCC3)c(CCN)n1. The Hall–Kier alpha value is -1.95. The van der Waals surface area contributed by atoms with Gasteiger partial charge in [-0.3, -0.25) is 4.98 Å². The molecule has 2 aromatic rings. The number of rotatable bonds is 5. The van der Waals surface area contributed by atoms with Crippen LogP contribution in [0.15, 0.2) is 12.1 Å². The zero-order valence-corrected chi connectivity index (χ0v) is 12.4. The Balaban J connectivity index is 1.74. The van der Waals surface area contributed by atoms with Gasteiger partial charge in [-0.05, 0) is 38.4 Å². The average molecular weight is 287 g/mol. The lowest BCUT2D eigenvalue weighted by Gasteiger charge is -2.15. The maximum absolute atomic E-state index is 5.91. The van der Waals surface area contributed by atoms with Crippen LogP contribution < -0.4 is 10.5 Å². The van der Waals surface area contributed by atoms with Crippen LogP contribution in [0, 0.1) is 6.92 Å². The quantitative estimate of drug-likeness (QED) is 0.899. The third-order valence-electron chi connectivity index (χ3n) is 3.75. The van der Waals surface area contributed by atoms with Crippen LogP contribution in [0.5, 0.6) is 5.75 Å². The highest BCUT2D eigenvalue weighted by Crippen LogP contribution is 2.20. The molecule has 0 fully saturated rings. The maximum atomic E-state index is 5.91. The van der Waals surface area contributed by atoms with Crippen molar-refractivity contribution in [1.29, 1.82) is 0 Å². The van der Waals surface area contributed by atoms with Crippen molar-refractivity contribution in [3.05, 3.63) is 35.2 Å². The number of hydrogen-bond donors (Lipinski definition) is 1. The van der Waals surface area contributed by atoms with Crippen LogP contribution in [-0.4, -0.2) is 26.3 Å². The summed E-state index contributed by atoms with van der Waals surface area (Å²) in [7, 11) is 0. The molecule has 0 bridgehead atoms. The number of aromatic nitrogens is 4. The molecular formula is C15H21N5O. The van der Waals surface area contributed by atoms with Gasteiger partial charge in [-0.15, -0.1) is 10.2 Å². The predicted octanol–water partition coefficient (Wildman–Crippen LogP) is 1.40. The van der Waals surface area contributed by atoms with Crippen LogP contribution in [0.4, 0.5) is 0 Å². The Morgan fingerprint density at radius 3 is 3.05 bits per heavy atom. The van der Waals surface area contributed by atoms with Crippen molar-refractivity contribution in [1.82, 2.24) is 19.7 Å². The van der Waals surface area contributed by atoms with E-state index in [4.69, 9.17) is 10.5 Å². The van der Waals surface area contributed by atoms with Gasteiger partial charge in [0.05, 0.1) is 5.69 Å². The lowest BCUT2D eigenvalue weighted by molar-refractivity contribution is 0.281. The molecule has 0 radical (unpaired) electrons. The Bertz CT molecular complexity index is 623. The van der Waals surface area contributed by atoms with E-state index < -0.39 is 0 Å². The van der Waals surface area contributed by atoms with Crippen LogP contribution in [0.1, 0.15) is 35.9 Å². The fourth-order valence-electron chi connectivity index (χ4n) is 2.66. The number of aryl methyl sites for hydroxylation is 2. The zero-order chi connectivity index (χ0) is 14.7. The molecule has 0 aromatic carbocycles.